The fourth-order valence-corrected chi connectivity index (χ4v) is 2.74. The molecule has 0 spiro atoms. The van der Waals surface area contributed by atoms with Crippen molar-refractivity contribution in [3.05, 3.63) is 83.1 Å². The molecule has 0 saturated carbocycles. The Morgan fingerprint density at radius 1 is 1.07 bits per heavy atom. The number of aliphatic imine (C=N–C) groups is 1. The van der Waals surface area contributed by atoms with Gasteiger partial charge in [0, 0.05) is 37.6 Å². The Balaban J connectivity index is 0.00000261. The lowest BCUT2D eigenvalue weighted by Crippen LogP contribution is -2.37. The van der Waals surface area contributed by atoms with Gasteiger partial charge in [-0.3, -0.25) is 4.99 Å². The van der Waals surface area contributed by atoms with Gasteiger partial charge in [0.1, 0.15) is 0 Å². The predicted molar refractivity (Wildman–Crippen MR) is 122 cm³/mol. The number of halogens is 2. The largest absolute Gasteiger partial charge is 0.356 e. The third-order valence-corrected chi connectivity index (χ3v) is 4.23. The van der Waals surface area contributed by atoms with E-state index in [4.69, 9.17) is 11.6 Å². The highest BCUT2D eigenvalue weighted by Gasteiger charge is 2.01. The highest BCUT2D eigenvalue weighted by atomic mass is 127. The Kier molecular flexibility index (Phi) is 8.60. The summed E-state index contributed by atoms with van der Waals surface area (Å²) < 4.78 is 1.85. The summed E-state index contributed by atoms with van der Waals surface area (Å²) in [6.07, 6.45) is 4.62. The van der Waals surface area contributed by atoms with Gasteiger partial charge in [0.2, 0.25) is 0 Å². The summed E-state index contributed by atoms with van der Waals surface area (Å²) in [5, 5.41) is 11.7. The Hall–Kier alpha value is -2.06. The second-order valence-electron chi connectivity index (χ2n) is 5.85. The van der Waals surface area contributed by atoms with Gasteiger partial charge in [-0.2, -0.15) is 5.10 Å². The first-order valence-electron chi connectivity index (χ1n) is 8.52. The van der Waals surface area contributed by atoms with Gasteiger partial charge in [-0.25, -0.2) is 4.68 Å². The molecule has 2 aromatic carbocycles. The van der Waals surface area contributed by atoms with Crippen LogP contribution >= 0.6 is 35.6 Å². The molecule has 0 aliphatic rings. The van der Waals surface area contributed by atoms with Gasteiger partial charge >= 0.3 is 0 Å². The number of guanidine groups is 1. The molecule has 0 atom stereocenters. The standard InChI is InChI=1S/C20H22ClN5.HI/c1-22-20(23-12-10-16-6-8-18(21)9-7-16)24-15-17-4-2-5-19(14-17)26-13-3-11-25-26;/h2-9,11,13-14H,10,12,15H2,1H3,(H2,22,23,24);1H. The Bertz CT molecular complexity index is 847. The van der Waals surface area contributed by atoms with Crippen LogP contribution < -0.4 is 10.6 Å². The van der Waals surface area contributed by atoms with E-state index in [0.717, 1.165) is 29.6 Å². The SMILES string of the molecule is CN=C(NCCc1ccc(Cl)cc1)NCc1cccc(-n2cccn2)c1.I. The Labute approximate surface area is 181 Å². The third kappa shape index (κ3) is 6.55. The molecule has 142 valence electrons. The first-order chi connectivity index (χ1) is 12.7. The molecule has 0 unspecified atom stereocenters. The molecule has 3 rings (SSSR count). The number of hydrogen-bond acceptors (Lipinski definition) is 2. The number of rotatable bonds is 6. The quantitative estimate of drug-likeness (QED) is 0.308. The maximum absolute atomic E-state index is 5.91. The summed E-state index contributed by atoms with van der Waals surface area (Å²) >= 11 is 5.91. The van der Waals surface area contributed by atoms with Gasteiger partial charge in [-0.05, 0) is 47.9 Å². The molecule has 1 heterocycles. The molecule has 27 heavy (non-hydrogen) atoms. The van der Waals surface area contributed by atoms with Crippen LogP contribution in [0.4, 0.5) is 0 Å². The van der Waals surface area contributed by atoms with Crippen molar-refractivity contribution in [3.63, 3.8) is 0 Å². The molecule has 3 aromatic rings. The zero-order chi connectivity index (χ0) is 18.2. The fourth-order valence-electron chi connectivity index (χ4n) is 2.61. The highest BCUT2D eigenvalue weighted by molar-refractivity contribution is 14.0. The first kappa shape index (κ1) is 21.2. The summed E-state index contributed by atoms with van der Waals surface area (Å²) in [6.45, 7) is 1.49. The van der Waals surface area contributed by atoms with Crippen LogP contribution in [0.3, 0.4) is 0 Å². The molecule has 0 radical (unpaired) electrons. The van der Waals surface area contributed by atoms with Crippen LogP contribution in [0.25, 0.3) is 5.69 Å². The number of hydrogen-bond donors (Lipinski definition) is 2. The van der Waals surface area contributed by atoms with Crippen LogP contribution in [0.5, 0.6) is 0 Å². The summed E-state index contributed by atoms with van der Waals surface area (Å²) in [4.78, 5) is 4.28. The van der Waals surface area contributed by atoms with E-state index >= 15 is 0 Å². The predicted octanol–water partition coefficient (Wildman–Crippen LogP) is 4.05. The van der Waals surface area contributed by atoms with E-state index in [1.54, 1.807) is 13.2 Å². The molecule has 0 aliphatic carbocycles. The molecular weight excluding hydrogens is 473 g/mol. The van der Waals surface area contributed by atoms with Crippen molar-refractivity contribution in [2.45, 2.75) is 13.0 Å². The van der Waals surface area contributed by atoms with Gasteiger partial charge in [-0.1, -0.05) is 35.9 Å². The summed E-state index contributed by atoms with van der Waals surface area (Å²) in [7, 11) is 1.78. The molecule has 0 fully saturated rings. The monoisotopic (exact) mass is 495 g/mol. The minimum atomic E-state index is 0. The molecule has 2 N–H and O–H groups in total. The van der Waals surface area contributed by atoms with Crippen molar-refractivity contribution in [1.82, 2.24) is 20.4 Å². The minimum Gasteiger partial charge on any atom is -0.356 e. The summed E-state index contributed by atoms with van der Waals surface area (Å²) in [5.41, 5.74) is 3.45. The Morgan fingerprint density at radius 2 is 1.89 bits per heavy atom. The number of nitrogens with one attached hydrogen (secondary N) is 2. The van der Waals surface area contributed by atoms with Crippen molar-refractivity contribution >= 4 is 41.5 Å². The average molecular weight is 496 g/mol. The van der Waals surface area contributed by atoms with Gasteiger partial charge in [0.05, 0.1) is 5.69 Å². The lowest BCUT2D eigenvalue weighted by atomic mass is 10.1. The van der Waals surface area contributed by atoms with Crippen molar-refractivity contribution in [2.75, 3.05) is 13.6 Å². The van der Waals surface area contributed by atoms with Crippen LogP contribution in [-0.4, -0.2) is 29.3 Å². The molecule has 1 aromatic heterocycles. The zero-order valence-electron chi connectivity index (χ0n) is 15.1. The van der Waals surface area contributed by atoms with Crippen molar-refractivity contribution < 1.29 is 0 Å². The van der Waals surface area contributed by atoms with E-state index in [2.05, 4.69) is 32.9 Å². The first-order valence-corrected chi connectivity index (χ1v) is 8.90. The second kappa shape index (κ2) is 10.9. The van der Waals surface area contributed by atoms with Crippen molar-refractivity contribution in [2.24, 2.45) is 4.99 Å². The summed E-state index contributed by atoms with van der Waals surface area (Å²) in [6, 6.07) is 18.1. The maximum Gasteiger partial charge on any atom is 0.191 e. The lowest BCUT2D eigenvalue weighted by Gasteiger charge is -2.12. The second-order valence-corrected chi connectivity index (χ2v) is 6.29. The maximum atomic E-state index is 5.91. The van der Waals surface area contributed by atoms with E-state index in [-0.39, 0.29) is 24.0 Å². The molecule has 5 nitrogen and oxygen atoms in total. The smallest absolute Gasteiger partial charge is 0.191 e. The summed E-state index contributed by atoms with van der Waals surface area (Å²) in [5.74, 6) is 0.781. The van der Waals surface area contributed by atoms with E-state index in [1.807, 2.05) is 53.3 Å². The van der Waals surface area contributed by atoms with Crippen LogP contribution in [0.15, 0.2) is 72.0 Å². The van der Waals surface area contributed by atoms with Crippen molar-refractivity contribution in [3.8, 4) is 5.69 Å². The molecule has 0 amide bonds. The topological polar surface area (TPSA) is 54.2 Å². The number of nitrogens with zero attached hydrogens (tertiary/aromatic N) is 3. The van der Waals surface area contributed by atoms with Gasteiger partial charge in [0.15, 0.2) is 5.96 Å². The zero-order valence-corrected chi connectivity index (χ0v) is 18.2. The van der Waals surface area contributed by atoms with Gasteiger partial charge in [0.25, 0.3) is 0 Å². The highest BCUT2D eigenvalue weighted by Crippen LogP contribution is 2.10. The number of benzene rings is 2. The Morgan fingerprint density at radius 3 is 2.59 bits per heavy atom. The van der Waals surface area contributed by atoms with Crippen LogP contribution in [0.1, 0.15) is 11.1 Å². The average Bonchev–Trinajstić information content (AvgIpc) is 3.21. The van der Waals surface area contributed by atoms with Crippen LogP contribution in [0.2, 0.25) is 5.02 Å². The van der Waals surface area contributed by atoms with Crippen LogP contribution in [0, 0.1) is 0 Å². The van der Waals surface area contributed by atoms with E-state index < -0.39 is 0 Å². The third-order valence-electron chi connectivity index (χ3n) is 3.98. The van der Waals surface area contributed by atoms with Gasteiger partial charge < -0.3 is 10.6 Å². The van der Waals surface area contributed by atoms with E-state index in [0.29, 0.717) is 6.54 Å². The lowest BCUT2D eigenvalue weighted by molar-refractivity contribution is 0.793. The van der Waals surface area contributed by atoms with Gasteiger partial charge in [-0.15, -0.1) is 24.0 Å². The fraction of sp³-hybridized carbons (Fsp3) is 0.200. The van der Waals surface area contributed by atoms with Crippen molar-refractivity contribution in [1.29, 1.82) is 0 Å². The van der Waals surface area contributed by atoms with E-state index in [9.17, 15) is 0 Å². The molecule has 0 saturated heterocycles. The van der Waals surface area contributed by atoms with Crippen LogP contribution in [-0.2, 0) is 13.0 Å². The molecule has 7 heteroatoms. The number of aromatic nitrogens is 2. The normalized spacial score (nSPS) is 11.0. The molecular formula is C20H23ClIN5. The molecule has 0 aliphatic heterocycles. The molecule has 0 bridgehead atoms. The van der Waals surface area contributed by atoms with E-state index in [1.165, 1.54) is 11.1 Å². The minimum absolute atomic E-state index is 0.